The zero-order valence-corrected chi connectivity index (χ0v) is 20.2. The van der Waals surface area contributed by atoms with Crippen LogP contribution in [0.15, 0.2) is 36.4 Å². The molecule has 4 aromatic rings. The fourth-order valence-corrected chi connectivity index (χ4v) is 4.30. The van der Waals surface area contributed by atoms with Crippen LogP contribution in [0.25, 0.3) is 33.1 Å². The number of unbranched alkanes of at least 4 members (excludes halogenated alkanes) is 8. The van der Waals surface area contributed by atoms with Crippen molar-refractivity contribution in [1.82, 2.24) is 15.0 Å². The van der Waals surface area contributed by atoms with Gasteiger partial charge in [-0.25, -0.2) is 9.97 Å². The Morgan fingerprint density at radius 2 is 1.21 bits per heavy atom. The van der Waals surface area contributed by atoms with E-state index in [0.717, 1.165) is 57.4 Å². The van der Waals surface area contributed by atoms with Crippen LogP contribution >= 0.6 is 0 Å². The van der Waals surface area contributed by atoms with E-state index in [0.29, 0.717) is 13.2 Å². The molecule has 4 rings (SSSR count). The maximum absolute atomic E-state index is 6.19. The van der Waals surface area contributed by atoms with Gasteiger partial charge in [-0.15, -0.1) is 0 Å². The van der Waals surface area contributed by atoms with Gasteiger partial charge in [0.15, 0.2) is 5.65 Å². The zero-order valence-electron chi connectivity index (χ0n) is 20.2. The Kier molecular flexibility index (Phi) is 8.40. The average Bonchev–Trinajstić information content (AvgIpc) is 3.20. The van der Waals surface area contributed by atoms with Crippen molar-refractivity contribution < 1.29 is 9.47 Å². The van der Waals surface area contributed by atoms with E-state index in [-0.39, 0.29) is 0 Å². The lowest BCUT2D eigenvalue weighted by atomic mass is 10.1. The second kappa shape index (κ2) is 11.9. The summed E-state index contributed by atoms with van der Waals surface area (Å²) in [6.45, 7) is 5.87. The first-order valence-corrected chi connectivity index (χ1v) is 12.8. The van der Waals surface area contributed by atoms with Gasteiger partial charge in [0.2, 0.25) is 0 Å². The molecule has 33 heavy (non-hydrogen) atoms. The van der Waals surface area contributed by atoms with Crippen molar-refractivity contribution in [2.24, 2.45) is 0 Å². The van der Waals surface area contributed by atoms with E-state index >= 15 is 0 Å². The van der Waals surface area contributed by atoms with Crippen molar-refractivity contribution in [2.45, 2.75) is 78.1 Å². The third-order valence-corrected chi connectivity index (χ3v) is 6.19. The van der Waals surface area contributed by atoms with Crippen LogP contribution in [0.2, 0.25) is 0 Å². The molecular weight excluding hydrogens is 410 g/mol. The molecule has 0 atom stereocenters. The van der Waals surface area contributed by atoms with Crippen molar-refractivity contribution in [3.63, 3.8) is 0 Å². The van der Waals surface area contributed by atoms with E-state index in [1.54, 1.807) is 0 Å². The third kappa shape index (κ3) is 5.76. The van der Waals surface area contributed by atoms with E-state index in [2.05, 4.69) is 31.0 Å². The molecule has 0 saturated carbocycles. The Bertz CT molecular complexity index is 1170. The quantitative estimate of drug-likeness (QED) is 0.199. The summed E-state index contributed by atoms with van der Waals surface area (Å²) in [5.74, 6) is 1.57. The Hall–Kier alpha value is -2.82. The van der Waals surface area contributed by atoms with Gasteiger partial charge in [0.1, 0.15) is 28.0 Å². The number of hydrogen-bond acceptors (Lipinski definition) is 4. The topological polar surface area (TPSA) is 60.0 Å². The van der Waals surface area contributed by atoms with Crippen LogP contribution in [0.1, 0.15) is 78.1 Å². The highest BCUT2D eigenvalue weighted by Crippen LogP contribution is 2.34. The third-order valence-electron chi connectivity index (χ3n) is 6.19. The van der Waals surface area contributed by atoms with Gasteiger partial charge in [0.25, 0.3) is 0 Å². The van der Waals surface area contributed by atoms with Gasteiger partial charge >= 0.3 is 0 Å². The van der Waals surface area contributed by atoms with Gasteiger partial charge in [0, 0.05) is 10.9 Å². The molecule has 0 aliphatic rings. The number of nitrogens with one attached hydrogen (secondary N) is 1. The average molecular weight is 448 g/mol. The highest BCUT2D eigenvalue weighted by Gasteiger charge is 2.16. The Morgan fingerprint density at radius 3 is 1.85 bits per heavy atom. The Labute approximate surface area is 196 Å². The molecule has 0 fully saturated rings. The first-order chi connectivity index (χ1) is 16.3. The maximum atomic E-state index is 6.19. The molecule has 0 radical (unpaired) electrons. The molecule has 5 nitrogen and oxygen atoms in total. The molecule has 0 amide bonds. The van der Waals surface area contributed by atoms with Gasteiger partial charge in [-0.2, -0.15) is 0 Å². The lowest BCUT2D eigenvalue weighted by molar-refractivity contribution is 0.300. The SMILES string of the molecule is CCCCCCCOc1ccc(OCCCCCCC)c2nc3c(nc12)[nH]c1ccccc13. The summed E-state index contributed by atoms with van der Waals surface area (Å²) in [7, 11) is 0. The van der Waals surface area contributed by atoms with Crippen LogP contribution in [-0.4, -0.2) is 28.2 Å². The smallest absolute Gasteiger partial charge is 0.158 e. The molecule has 0 spiro atoms. The molecule has 0 bridgehead atoms. The number of benzene rings is 2. The normalized spacial score (nSPS) is 11.6. The van der Waals surface area contributed by atoms with Crippen molar-refractivity contribution in [3.8, 4) is 11.5 Å². The number of rotatable bonds is 14. The van der Waals surface area contributed by atoms with Gasteiger partial charge in [-0.3, -0.25) is 0 Å². The second-order valence-corrected chi connectivity index (χ2v) is 8.88. The minimum atomic E-state index is 0.697. The summed E-state index contributed by atoms with van der Waals surface area (Å²) in [6.07, 6.45) is 12.1. The Balaban J connectivity index is 1.59. The lowest BCUT2D eigenvalue weighted by Gasteiger charge is -2.13. The molecule has 0 aliphatic heterocycles. The van der Waals surface area contributed by atoms with E-state index in [1.807, 2.05) is 24.3 Å². The van der Waals surface area contributed by atoms with Crippen LogP contribution in [0.3, 0.4) is 0 Å². The summed E-state index contributed by atoms with van der Waals surface area (Å²) in [6, 6.07) is 12.2. The summed E-state index contributed by atoms with van der Waals surface area (Å²) >= 11 is 0. The van der Waals surface area contributed by atoms with Crippen LogP contribution in [0.4, 0.5) is 0 Å². The number of aromatic nitrogens is 3. The lowest BCUT2D eigenvalue weighted by Crippen LogP contribution is -2.02. The standard InChI is InChI=1S/C28H37N3O2/c1-3-5-7-9-13-19-32-23-17-18-24(33-20-14-10-8-6-4-2)27-26(23)30-25-21-15-11-12-16-22(21)29-28(25)31-27/h11-12,15-18H,3-10,13-14,19-20H2,1-2H3,(H,29,31). The first-order valence-electron chi connectivity index (χ1n) is 12.8. The van der Waals surface area contributed by atoms with Crippen LogP contribution < -0.4 is 9.47 Å². The fourth-order valence-electron chi connectivity index (χ4n) is 4.30. The number of nitrogens with zero attached hydrogens (tertiary/aromatic N) is 2. The molecule has 2 aromatic carbocycles. The van der Waals surface area contributed by atoms with Crippen LogP contribution in [-0.2, 0) is 0 Å². The predicted octanol–water partition coefficient (Wildman–Crippen LogP) is 7.96. The van der Waals surface area contributed by atoms with Gasteiger partial charge in [-0.1, -0.05) is 83.4 Å². The summed E-state index contributed by atoms with van der Waals surface area (Å²) in [4.78, 5) is 13.4. The molecule has 5 heteroatoms. The van der Waals surface area contributed by atoms with E-state index < -0.39 is 0 Å². The van der Waals surface area contributed by atoms with Crippen molar-refractivity contribution >= 4 is 33.1 Å². The number of hydrogen-bond donors (Lipinski definition) is 1. The van der Waals surface area contributed by atoms with Gasteiger partial charge in [0.05, 0.1) is 13.2 Å². The molecule has 0 unspecified atom stereocenters. The van der Waals surface area contributed by atoms with Gasteiger partial charge < -0.3 is 14.5 Å². The number of aromatic amines is 1. The predicted molar refractivity (Wildman–Crippen MR) is 137 cm³/mol. The van der Waals surface area contributed by atoms with Gasteiger partial charge in [-0.05, 0) is 31.0 Å². The molecule has 0 saturated heterocycles. The highest BCUT2D eigenvalue weighted by molar-refractivity contribution is 6.06. The van der Waals surface area contributed by atoms with Crippen LogP contribution in [0.5, 0.6) is 11.5 Å². The van der Waals surface area contributed by atoms with Crippen molar-refractivity contribution in [1.29, 1.82) is 0 Å². The van der Waals surface area contributed by atoms with Crippen molar-refractivity contribution in [3.05, 3.63) is 36.4 Å². The maximum Gasteiger partial charge on any atom is 0.158 e. The zero-order chi connectivity index (χ0) is 22.9. The van der Waals surface area contributed by atoms with Crippen LogP contribution in [0, 0.1) is 0 Å². The molecule has 176 valence electrons. The summed E-state index contributed by atoms with van der Waals surface area (Å²) in [5, 5.41) is 1.08. The minimum absolute atomic E-state index is 0.697. The number of ether oxygens (including phenoxy) is 2. The monoisotopic (exact) mass is 447 g/mol. The fraction of sp³-hybridized carbons (Fsp3) is 0.500. The molecule has 2 heterocycles. The van der Waals surface area contributed by atoms with E-state index in [1.165, 1.54) is 51.4 Å². The molecular formula is C28H37N3O2. The number of para-hydroxylation sites is 1. The van der Waals surface area contributed by atoms with E-state index in [9.17, 15) is 0 Å². The Morgan fingerprint density at radius 1 is 0.636 bits per heavy atom. The largest absolute Gasteiger partial charge is 0.491 e. The minimum Gasteiger partial charge on any atom is -0.491 e. The van der Waals surface area contributed by atoms with E-state index in [4.69, 9.17) is 19.4 Å². The molecule has 1 N–H and O–H groups in total. The molecule has 2 aromatic heterocycles. The first kappa shape index (κ1) is 23.3. The number of fused-ring (bicyclic) bond motifs is 4. The van der Waals surface area contributed by atoms with Crippen molar-refractivity contribution in [2.75, 3.05) is 13.2 Å². The molecule has 0 aliphatic carbocycles. The second-order valence-electron chi connectivity index (χ2n) is 8.88. The summed E-state index contributed by atoms with van der Waals surface area (Å²) in [5.41, 5.74) is 4.26. The highest BCUT2D eigenvalue weighted by atomic mass is 16.5. The summed E-state index contributed by atoms with van der Waals surface area (Å²) < 4.78 is 12.4. The number of H-pyrrole nitrogens is 1.